The van der Waals surface area contributed by atoms with Gasteiger partial charge in [-0.15, -0.1) is 0 Å². The Hall–Kier alpha value is -1.35. The van der Waals surface area contributed by atoms with Crippen LogP contribution in [0.3, 0.4) is 0 Å². The maximum absolute atomic E-state index is 6.36. The molecule has 96 valence electrons. The highest BCUT2D eigenvalue weighted by molar-refractivity contribution is 5.76. The van der Waals surface area contributed by atoms with Gasteiger partial charge in [0.2, 0.25) is 0 Å². The Morgan fingerprint density at radius 1 is 1.39 bits per heavy atom. The summed E-state index contributed by atoms with van der Waals surface area (Å²) in [4.78, 5) is 4.79. The van der Waals surface area contributed by atoms with Crippen LogP contribution in [-0.4, -0.2) is 15.1 Å². The fourth-order valence-corrected chi connectivity index (χ4v) is 2.90. The van der Waals surface area contributed by atoms with Gasteiger partial charge in [-0.1, -0.05) is 6.07 Å². The number of benzene rings is 1. The Bertz CT molecular complexity index is 579. The molecule has 0 unspecified atom stereocenters. The first-order valence-corrected chi connectivity index (χ1v) is 6.86. The zero-order valence-corrected chi connectivity index (χ0v) is 11.2. The van der Waals surface area contributed by atoms with Gasteiger partial charge in [0, 0.05) is 18.5 Å². The van der Waals surface area contributed by atoms with E-state index >= 15 is 0 Å². The number of aryl methyl sites for hydroxylation is 2. The first kappa shape index (κ1) is 11.7. The minimum atomic E-state index is 0.00331. The van der Waals surface area contributed by atoms with Crippen LogP contribution in [0.4, 0.5) is 0 Å². The van der Waals surface area contributed by atoms with E-state index in [9.17, 15) is 0 Å². The molecule has 1 heterocycles. The third kappa shape index (κ3) is 1.83. The Morgan fingerprint density at radius 3 is 2.78 bits per heavy atom. The van der Waals surface area contributed by atoms with Gasteiger partial charge in [-0.25, -0.2) is 4.98 Å². The average molecular weight is 243 g/mol. The molecule has 0 radical (unpaired) electrons. The number of imidazole rings is 1. The lowest BCUT2D eigenvalue weighted by Gasteiger charge is -2.37. The molecular formula is C15H21N3. The van der Waals surface area contributed by atoms with Gasteiger partial charge in [-0.05, 0) is 50.8 Å². The summed E-state index contributed by atoms with van der Waals surface area (Å²) in [5.74, 6) is 1.15. The van der Waals surface area contributed by atoms with Crippen molar-refractivity contribution in [3.8, 4) is 0 Å². The fraction of sp³-hybridized carbons (Fsp3) is 0.533. The van der Waals surface area contributed by atoms with Crippen LogP contribution in [0, 0.1) is 6.92 Å². The molecule has 0 aliphatic heterocycles. The lowest BCUT2D eigenvalue weighted by atomic mass is 9.75. The molecule has 1 saturated carbocycles. The van der Waals surface area contributed by atoms with Gasteiger partial charge in [0.05, 0.1) is 11.0 Å². The van der Waals surface area contributed by atoms with E-state index in [1.807, 2.05) is 0 Å². The van der Waals surface area contributed by atoms with E-state index in [1.165, 1.54) is 17.5 Å². The molecular weight excluding hydrogens is 222 g/mol. The molecule has 1 aromatic heterocycles. The Balaban J connectivity index is 2.05. The van der Waals surface area contributed by atoms with E-state index in [-0.39, 0.29) is 5.54 Å². The van der Waals surface area contributed by atoms with Gasteiger partial charge in [-0.3, -0.25) is 0 Å². The van der Waals surface area contributed by atoms with Crippen molar-refractivity contribution in [1.82, 2.24) is 9.55 Å². The van der Waals surface area contributed by atoms with Gasteiger partial charge in [0.15, 0.2) is 0 Å². The van der Waals surface area contributed by atoms with Crippen molar-refractivity contribution >= 4 is 11.0 Å². The summed E-state index contributed by atoms with van der Waals surface area (Å²) < 4.78 is 2.31. The summed E-state index contributed by atoms with van der Waals surface area (Å²) in [6.07, 6.45) is 4.45. The van der Waals surface area contributed by atoms with Gasteiger partial charge in [0.25, 0.3) is 0 Å². The monoisotopic (exact) mass is 243 g/mol. The van der Waals surface area contributed by atoms with Crippen LogP contribution in [0.15, 0.2) is 18.2 Å². The summed E-state index contributed by atoms with van der Waals surface area (Å²) >= 11 is 0. The normalized spacial score (nSPS) is 17.9. The lowest BCUT2D eigenvalue weighted by Crippen LogP contribution is -2.48. The van der Waals surface area contributed by atoms with Crippen molar-refractivity contribution in [3.63, 3.8) is 0 Å². The van der Waals surface area contributed by atoms with Crippen LogP contribution in [0.2, 0.25) is 0 Å². The van der Waals surface area contributed by atoms with Crippen molar-refractivity contribution in [2.75, 3.05) is 0 Å². The molecule has 3 rings (SSSR count). The second-order valence-electron chi connectivity index (χ2n) is 5.66. The average Bonchev–Trinajstić information content (AvgIpc) is 2.63. The molecule has 3 heteroatoms. The molecule has 2 N–H and O–H groups in total. The van der Waals surface area contributed by atoms with E-state index < -0.39 is 0 Å². The maximum Gasteiger partial charge on any atom is 0.111 e. The number of fused-ring (bicyclic) bond motifs is 1. The number of rotatable bonds is 3. The molecule has 1 fully saturated rings. The number of nitrogens with two attached hydrogens (primary N) is 1. The highest BCUT2D eigenvalue weighted by Gasteiger charge is 2.34. The number of nitrogens with zero attached hydrogens (tertiary/aromatic N) is 2. The molecule has 0 spiro atoms. The number of aromatic nitrogens is 2. The van der Waals surface area contributed by atoms with E-state index in [1.54, 1.807) is 0 Å². The summed E-state index contributed by atoms with van der Waals surface area (Å²) in [7, 11) is 0. The van der Waals surface area contributed by atoms with E-state index in [0.29, 0.717) is 0 Å². The summed E-state index contributed by atoms with van der Waals surface area (Å²) in [6, 6.07) is 6.49. The molecule has 0 atom stereocenters. The Morgan fingerprint density at radius 2 is 2.17 bits per heavy atom. The molecule has 0 bridgehead atoms. The molecule has 0 amide bonds. The van der Waals surface area contributed by atoms with Gasteiger partial charge in [0.1, 0.15) is 5.82 Å². The van der Waals surface area contributed by atoms with E-state index in [2.05, 4.69) is 36.6 Å². The van der Waals surface area contributed by atoms with Crippen LogP contribution >= 0.6 is 0 Å². The molecule has 1 aromatic carbocycles. The fourth-order valence-electron chi connectivity index (χ4n) is 2.90. The zero-order chi connectivity index (χ0) is 12.8. The van der Waals surface area contributed by atoms with Gasteiger partial charge in [-0.2, -0.15) is 0 Å². The zero-order valence-electron chi connectivity index (χ0n) is 11.2. The number of hydrogen-bond donors (Lipinski definition) is 1. The Labute approximate surface area is 108 Å². The third-order valence-corrected chi connectivity index (χ3v) is 4.16. The molecule has 1 aliphatic rings. The molecule has 0 saturated heterocycles. The second-order valence-corrected chi connectivity index (χ2v) is 5.66. The van der Waals surface area contributed by atoms with Crippen molar-refractivity contribution < 1.29 is 0 Å². The minimum Gasteiger partial charge on any atom is -0.328 e. The van der Waals surface area contributed by atoms with Crippen LogP contribution in [0.5, 0.6) is 0 Å². The van der Waals surface area contributed by atoms with Crippen LogP contribution in [0.25, 0.3) is 11.0 Å². The number of hydrogen-bond acceptors (Lipinski definition) is 2. The topological polar surface area (TPSA) is 43.8 Å². The molecule has 3 nitrogen and oxygen atoms in total. The van der Waals surface area contributed by atoms with Gasteiger partial charge >= 0.3 is 0 Å². The van der Waals surface area contributed by atoms with E-state index in [0.717, 1.165) is 37.1 Å². The highest BCUT2D eigenvalue weighted by atomic mass is 15.1. The van der Waals surface area contributed by atoms with Crippen molar-refractivity contribution in [2.45, 2.75) is 51.6 Å². The van der Waals surface area contributed by atoms with Crippen LogP contribution < -0.4 is 5.73 Å². The standard InChI is InChI=1S/C15H21N3/c1-3-18-13-6-5-11(2)9-12(13)17-14(18)10-15(16)7-4-8-15/h5-6,9H,3-4,7-8,10,16H2,1-2H3. The maximum atomic E-state index is 6.36. The quantitative estimate of drug-likeness (QED) is 0.901. The van der Waals surface area contributed by atoms with Crippen LogP contribution in [-0.2, 0) is 13.0 Å². The van der Waals surface area contributed by atoms with Crippen molar-refractivity contribution in [3.05, 3.63) is 29.6 Å². The van der Waals surface area contributed by atoms with Crippen LogP contribution in [0.1, 0.15) is 37.6 Å². The highest BCUT2D eigenvalue weighted by Crippen LogP contribution is 2.33. The smallest absolute Gasteiger partial charge is 0.111 e. The summed E-state index contributed by atoms with van der Waals surface area (Å²) in [5, 5.41) is 0. The van der Waals surface area contributed by atoms with Crippen molar-refractivity contribution in [1.29, 1.82) is 0 Å². The molecule has 1 aliphatic carbocycles. The van der Waals surface area contributed by atoms with E-state index in [4.69, 9.17) is 10.7 Å². The molecule has 18 heavy (non-hydrogen) atoms. The predicted octanol–water partition coefficient (Wildman–Crippen LogP) is 2.79. The first-order valence-electron chi connectivity index (χ1n) is 6.86. The largest absolute Gasteiger partial charge is 0.328 e. The lowest BCUT2D eigenvalue weighted by molar-refractivity contribution is 0.241. The van der Waals surface area contributed by atoms with Crippen molar-refractivity contribution in [2.24, 2.45) is 5.73 Å². The second kappa shape index (κ2) is 4.09. The Kier molecular flexibility index (Phi) is 2.67. The third-order valence-electron chi connectivity index (χ3n) is 4.16. The molecule has 2 aromatic rings. The van der Waals surface area contributed by atoms with Gasteiger partial charge < -0.3 is 10.3 Å². The first-order chi connectivity index (χ1) is 8.61. The summed E-state index contributed by atoms with van der Waals surface area (Å²) in [5.41, 5.74) is 9.97. The predicted molar refractivity (Wildman–Crippen MR) is 74.6 cm³/mol. The minimum absolute atomic E-state index is 0.00331. The SMILES string of the molecule is CCn1c(CC2(N)CCC2)nc2cc(C)ccc21. The summed E-state index contributed by atoms with van der Waals surface area (Å²) in [6.45, 7) is 5.25.